The molecule has 6 nitrogen and oxygen atoms in total. The summed E-state index contributed by atoms with van der Waals surface area (Å²) in [6, 6.07) is 8.81. The highest BCUT2D eigenvalue weighted by atomic mass is 32.2. The van der Waals surface area contributed by atoms with Crippen molar-refractivity contribution in [3.63, 3.8) is 0 Å². The number of pyridine rings is 1. The molecule has 10 heteroatoms. The summed E-state index contributed by atoms with van der Waals surface area (Å²) in [5, 5.41) is 5.18. The highest BCUT2D eigenvalue weighted by Gasteiger charge is 2.33. The first-order chi connectivity index (χ1) is 12.8. The Kier molecular flexibility index (Phi) is 7.05. The summed E-state index contributed by atoms with van der Waals surface area (Å²) in [6.45, 7) is 0.143. The molecule has 0 spiro atoms. The van der Waals surface area contributed by atoms with E-state index in [-0.39, 0.29) is 24.7 Å². The van der Waals surface area contributed by atoms with Gasteiger partial charge in [0.1, 0.15) is 5.82 Å². The zero-order chi connectivity index (χ0) is 19.9. The SMILES string of the molecule is NC(=O)CSc1ccccc1C(=O)NCCNc1ncccc1C(F)(F)F. The third-order valence-corrected chi connectivity index (χ3v) is 4.41. The van der Waals surface area contributed by atoms with Crippen LogP contribution in [-0.2, 0) is 11.0 Å². The second-order valence-corrected chi connectivity index (χ2v) is 6.35. The molecule has 2 rings (SSSR count). The number of alkyl halides is 3. The fraction of sp³-hybridized carbons (Fsp3) is 0.235. The summed E-state index contributed by atoms with van der Waals surface area (Å²) in [5.41, 5.74) is 4.60. The molecule has 144 valence electrons. The highest BCUT2D eigenvalue weighted by molar-refractivity contribution is 8.00. The van der Waals surface area contributed by atoms with Crippen molar-refractivity contribution in [1.82, 2.24) is 10.3 Å². The summed E-state index contributed by atoms with van der Waals surface area (Å²) in [4.78, 5) is 27.5. The number of primary amides is 1. The minimum atomic E-state index is -4.52. The lowest BCUT2D eigenvalue weighted by Gasteiger charge is -2.14. The molecule has 0 aliphatic carbocycles. The number of nitrogens with one attached hydrogen (secondary N) is 2. The van der Waals surface area contributed by atoms with Crippen LogP contribution in [0.25, 0.3) is 0 Å². The quantitative estimate of drug-likeness (QED) is 0.469. The van der Waals surface area contributed by atoms with Gasteiger partial charge in [-0.1, -0.05) is 12.1 Å². The predicted octanol–water partition coefficient (Wildman–Crippen LogP) is 2.52. The number of carbonyl (C=O) groups is 2. The summed E-state index contributed by atoms with van der Waals surface area (Å²) in [6.07, 6.45) is -3.27. The number of nitrogens with zero attached hydrogens (tertiary/aromatic N) is 1. The number of hydrogen-bond acceptors (Lipinski definition) is 5. The van der Waals surface area contributed by atoms with Crippen molar-refractivity contribution in [3.8, 4) is 0 Å². The minimum Gasteiger partial charge on any atom is -0.369 e. The Morgan fingerprint density at radius 3 is 2.56 bits per heavy atom. The first-order valence-corrected chi connectivity index (χ1v) is 8.82. The van der Waals surface area contributed by atoms with E-state index in [0.29, 0.717) is 10.5 Å². The number of aromatic nitrogens is 1. The Balaban J connectivity index is 1.92. The van der Waals surface area contributed by atoms with Crippen molar-refractivity contribution < 1.29 is 22.8 Å². The van der Waals surface area contributed by atoms with Crippen LogP contribution in [0.15, 0.2) is 47.5 Å². The van der Waals surface area contributed by atoms with E-state index in [1.54, 1.807) is 24.3 Å². The van der Waals surface area contributed by atoms with Crippen molar-refractivity contribution in [3.05, 3.63) is 53.7 Å². The topological polar surface area (TPSA) is 97.1 Å². The molecule has 27 heavy (non-hydrogen) atoms. The largest absolute Gasteiger partial charge is 0.419 e. The standard InChI is InChI=1S/C17H17F3N4O2S/c18-17(19,20)12-5-3-7-22-15(12)23-8-9-24-16(26)11-4-1-2-6-13(11)27-10-14(21)25/h1-7H,8-10H2,(H2,21,25)(H,22,23)(H,24,26). The van der Waals surface area contributed by atoms with E-state index in [4.69, 9.17) is 5.73 Å². The number of hydrogen-bond donors (Lipinski definition) is 3. The number of thioether (sulfide) groups is 1. The normalized spacial score (nSPS) is 11.1. The molecule has 0 saturated heterocycles. The van der Waals surface area contributed by atoms with Crippen LogP contribution in [0, 0.1) is 0 Å². The van der Waals surface area contributed by atoms with E-state index in [1.807, 2.05) is 0 Å². The zero-order valence-corrected chi connectivity index (χ0v) is 14.9. The first kappa shape index (κ1) is 20.6. The van der Waals surface area contributed by atoms with Crippen LogP contribution in [0.4, 0.5) is 19.0 Å². The van der Waals surface area contributed by atoms with Gasteiger partial charge in [-0.05, 0) is 24.3 Å². The summed E-state index contributed by atoms with van der Waals surface area (Å²) in [7, 11) is 0. The monoisotopic (exact) mass is 398 g/mol. The van der Waals surface area contributed by atoms with E-state index >= 15 is 0 Å². The van der Waals surface area contributed by atoms with Crippen molar-refractivity contribution in [1.29, 1.82) is 0 Å². The van der Waals surface area contributed by atoms with Gasteiger partial charge >= 0.3 is 6.18 Å². The van der Waals surface area contributed by atoms with Gasteiger partial charge in [-0.25, -0.2) is 4.98 Å². The first-order valence-electron chi connectivity index (χ1n) is 7.83. The van der Waals surface area contributed by atoms with E-state index < -0.39 is 23.6 Å². The van der Waals surface area contributed by atoms with Gasteiger partial charge in [0.05, 0.1) is 16.9 Å². The molecule has 4 N–H and O–H groups in total. The van der Waals surface area contributed by atoms with Crippen LogP contribution in [0.2, 0.25) is 0 Å². The Labute approximate surface area is 157 Å². The summed E-state index contributed by atoms with van der Waals surface area (Å²) in [5.74, 6) is -1.17. The zero-order valence-electron chi connectivity index (χ0n) is 14.0. The lowest BCUT2D eigenvalue weighted by molar-refractivity contribution is -0.137. The number of anilines is 1. The van der Waals surface area contributed by atoms with E-state index in [2.05, 4.69) is 15.6 Å². The van der Waals surface area contributed by atoms with Gasteiger partial charge in [-0.2, -0.15) is 13.2 Å². The maximum Gasteiger partial charge on any atom is 0.419 e. The second-order valence-electron chi connectivity index (χ2n) is 5.33. The van der Waals surface area contributed by atoms with Gasteiger partial charge in [0.25, 0.3) is 5.91 Å². The minimum absolute atomic E-state index is 0.0335. The number of benzene rings is 1. The van der Waals surface area contributed by atoms with Gasteiger partial charge in [0, 0.05) is 24.2 Å². The average Bonchev–Trinajstić information content (AvgIpc) is 2.63. The van der Waals surface area contributed by atoms with Crippen molar-refractivity contribution in [2.45, 2.75) is 11.1 Å². The number of rotatable bonds is 8. The van der Waals surface area contributed by atoms with Crippen LogP contribution in [-0.4, -0.2) is 35.6 Å². The third-order valence-electron chi connectivity index (χ3n) is 3.32. The third kappa shape index (κ3) is 6.17. The molecule has 0 atom stereocenters. The highest BCUT2D eigenvalue weighted by Crippen LogP contribution is 2.33. The van der Waals surface area contributed by atoms with E-state index in [0.717, 1.165) is 17.8 Å². The Morgan fingerprint density at radius 2 is 1.85 bits per heavy atom. The molecular weight excluding hydrogens is 381 g/mol. The van der Waals surface area contributed by atoms with Gasteiger partial charge in [-0.3, -0.25) is 9.59 Å². The number of nitrogens with two attached hydrogens (primary N) is 1. The summed E-state index contributed by atoms with van der Waals surface area (Å²) >= 11 is 1.14. The molecule has 0 fully saturated rings. The Bertz CT molecular complexity index is 815. The van der Waals surface area contributed by atoms with Gasteiger partial charge in [0.2, 0.25) is 5.91 Å². The van der Waals surface area contributed by atoms with Gasteiger partial charge in [0.15, 0.2) is 0 Å². The Morgan fingerprint density at radius 1 is 1.11 bits per heavy atom. The van der Waals surface area contributed by atoms with Crippen LogP contribution in [0.5, 0.6) is 0 Å². The molecule has 0 bridgehead atoms. The smallest absolute Gasteiger partial charge is 0.369 e. The van der Waals surface area contributed by atoms with Gasteiger partial charge in [-0.15, -0.1) is 11.8 Å². The molecule has 1 aromatic carbocycles. The van der Waals surface area contributed by atoms with Crippen LogP contribution in [0.1, 0.15) is 15.9 Å². The van der Waals surface area contributed by atoms with Crippen molar-refractivity contribution in [2.24, 2.45) is 5.73 Å². The van der Waals surface area contributed by atoms with Gasteiger partial charge < -0.3 is 16.4 Å². The number of carbonyl (C=O) groups excluding carboxylic acids is 2. The second kappa shape index (κ2) is 9.26. The maximum atomic E-state index is 12.9. The molecule has 2 amide bonds. The molecule has 0 saturated carbocycles. The predicted molar refractivity (Wildman–Crippen MR) is 96.4 cm³/mol. The Hall–Kier alpha value is -2.75. The molecule has 2 aromatic rings. The summed E-state index contributed by atoms with van der Waals surface area (Å²) < 4.78 is 38.7. The fourth-order valence-electron chi connectivity index (χ4n) is 2.16. The fourth-order valence-corrected chi connectivity index (χ4v) is 2.94. The lowest BCUT2D eigenvalue weighted by atomic mass is 10.2. The van der Waals surface area contributed by atoms with Crippen molar-refractivity contribution in [2.75, 3.05) is 24.2 Å². The van der Waals surface area contributed by atoms with Crippen molar-refractivity contribution >= 4 is 29.4 Å². The molecular formula is C17H17F3N4O2S. The maximum absolute atomic E-state index is 12.9. The number of halogens is 3. The van der Waals surface area contributed by atoms with E-state index in [9.17, 15) is 22.8 Å². The average molecular weight is 398 g/mol. The van der Waals surface area contributed by atoms with Crippen LogP contribution in [0.3, 0.4) is 0 Å². The van der Waals surface area contributed by atoms with Crippen LogP contribution >= 0.6 is 11.8 Å². The number of amides is 2. The molecule has 0 radical (unpaired) electrons. The molecule has 1 heterocycles. The molecule has 0 aliphatic rings. The lowest BCUT2D eigenvalue weighted by Crippen LogP contribution is -2.29. The van der Waals surface area contributed by atoms with E-state index in [1.165, 1.54) is 12.3 Å². The van der Waals surface area contributed by atoms with Crippen LogP contribution < -0.4 is 16.4 Å². The molecule has 0 aliphatic heterocycles. The molecule has 1 aromatic heterocycles. The molecule has 0 unspecified atom stereocenters.